The maximum Gasteiger partial charge on any atom is 0.356 e. The van der Waals surface area contributed by atoms with E-state index in [9.17, 15) is 29.6 Å². The minimum absolute atomic E-state index is 0.0101. The summed E-state index contributed by atoms with van der Waals surface area (Å²) in [4.78, 5) is 46.8. The first kappa shape index (κ1) is 19.6. The predicted molar refractivity (Wildman–Crippen MR) is 94.8 cm³/mol. The van der Waals surface area contributed by atoms with E-state index in [-0.39, 0.29) is 24.5 Å². The first-order chi connectivity index (χ1) is 13.4. The Labute approximate surface area is 162 Å². The Hall–Kier alpha value is -3.18. The second-order valence-corrected chi connectivity index (χ2v) is 6.90. The van der Waals surface area contributed by atoms with Crippen LogP contribution in [0.15, 0.2) is 47.1 Å². The lowest BCUT2D eigenvalue weighted by molar-refractivity contribution is -0.384. The molecule has 0 saturated carbocycles. The molecule has 1 saturated heterocycles. The number of carbonyl (C=O) groups is 3. The fraction of sp³-hybridized carbons (Fsp3) is 0.235. The Morgan fingerprint density at radius 3 is 2.64 bits per heavy atom. The highest BCUT2D eigenvalue weighted by atomic mass is 32.2. The van der Waals surface area contributed by atoms with E-state index in [1.807, 2.05) is 0 Å². The van der Waals surface area contributed by atoms with Crippen LogP contribution in [-0.4, -0.2) is 43.5 Å². The first-order valence-corrected chi connectivity index (χ1v) is 8.88. The number of hydrogen-bond donors (Lipinski definition) is 1. The summed E-state index contributed by atoms with van der Waals surface area (Å²) in [6.07, 6.45) is -0.535. The molecule has 11 heteroatoms. The monoisotopic (exact) mass is 406 g/mol. The van der Waals surface area contributed by atoms with Gasteiger partial charge in [0.25, 0.3) is 10.8 Å². The second kappa shape index (κ2) is 8.23. The van der Waals surface area contributed by atoms with Crippen LogP contribution in [0.5, 0.6) is 0 Å². The lowest BCUT2D eigenvalue weighted by atomic mass is 10.2. The van der Waals surface area contributed by atoms with Crippen LogP contribution in [0.4, 0.5) is 5.69 Å². The number of nitro groups is 1. The Morgan fingerprint density at radius 1 is 1.36 bits per heavy atom. The van der Waals surface area contributed by atoms with Crippen LogP contribution >= 0.6 is 11.8 Å². The summed E-state index contributed by atoms with van der Waals surface area (Å²) in [6.45, 7) is -0.237. The number of nitrogens with zero attached hydrogens (tertiary/aromatic N) is 2. The third-order valence-electron chi connectivity index (χ3n) is 3.92. The van der Waals surface area contributed by atoms with Crippen molar-refractivity contribution in [2.24, 2.45) is 0 Å². The van der Waals surface area contributed by atoms with Crippen LogP contribution in [0.1, 0.15) is 22.5 Å². The molecule has 0 spiro atoms. The number of benzene rings is 1. The molecule has 1 aliphatic rings. The third kappa shape index (κ3) is 4.21. The van der Waals surface area contributed by atoms with E-state index in [1.54, 1.807) is 6.07 Å². The number of carbonyl (C=O) groups excluding carboxylic acids is 3. The van der Waals surface area contributed by atoms with Gasteiger partial charge in [0, 0.05) is 12.1 Å². The average Bonchev–Trinajstić information content (AvgIpc) is 3.20. The minimum Gasteiger partial charge on any atom is -0.460 e. The minimum atomic E-state index is -1.86. The van der Waals surface area contributed by atoms with Gasteiger partial charge in [-0.05, 0) is 29.8 Å². The summed E-state index contributed by atoms with van der Waals surface area (Å²) >= 11 is 0.761. The zero-order valence-electron chi connectivity index (χ0n) is 14.2. The highest BCUT2D eigenvalue weighted by Crippen LogP contribution is 2.33. The molecule has 1 N–H and O–H groups in total. The first-order valence-electron chi connectivity index (χ1n) is 8.00. The SMILES string of the molecule is O=C(S[C@@H]1CC(=O)N1C(O)C(=O)OCc1ccc([N+](=O)[O-])cc1)c1ccco1. The lowest BCUT2D eigenvalue weighted by Crippen LogP contribution is -2.59. The normalized spacial score (nSPS) is 17.0. The van der Waals surface area contributed by atoms with Crippen molar-refractivity contribution in [3.63, 3.8) is 0 Å². The maximum atomic E-state index is 12.0. The van der Waals surface area contributed by atoms with E-state index in [2.05, 4.69) is 0 Å². The highest BCUT2D eigenvalue weighted by Gasteiger charge is 2.45. The Balaban J connectivity index is 1.54. The van der Waals surface area contributed by atoms with Crippen molar-refractivity contribution < 1.29 is 33.6 Å². The number of amides is 1. The standard InChI is InChI=1S/C17H14N2O8S/c20-13-8-14(28-17(23)12-2-1-7-26-12)18(13)15(21)16(22)27-9-10-3-5-11(6-4-10)19(24)25/h1-7,14-15,21H,8-9H2/t14-,15?/m1/s1. The van der Waals surface area contributed by atoms with E-state index < -0.39 is 33.5 Å². The van der Waals surface area contributed by atoms with Crippen LogP contribution in [0.3, 0.4) is 0 Å². The summed E-state index contributed by atoms with van der Waals surface area (Å²) in [7, 11) is 0. The van der Waals surface area contributed by atoms with Gasteiger partial charge in [-0.3, -0.25) is 24.6 Å². The number of thioether (sulfide) groups is 1. The van der Waals surface area contributed by atoms with Gasteiger partial charge in [-0.2, -0.15) is 0 Å². The van der Waals surface area contributed by atoms with E-state index in [0.717, 1.165) is 16.7 Å². The quantitative estimate of drug-likeness (QED) is 0.315. The molecule has 10 nitrogen and oxygen atoms in total. The van der Waals surface area contributed by atoms with Crippen LogP contribution < -0.4 is 0 Å². The number of β-lactam (4-membered cyclic amide) rings is 1. The van der Waals surface area contributed by atoms with Gasteiger partial charge in [-0.15, -0.1) is 0 Å². The Bertz CT molecular complexity index is 896. The number of ether oxygens (including phenoxy) is 1. The summed E-state index contributed by atoms with van der Waals surface area (Å²) < 4.78 is 9.93. The molecule has 1 unspecified atom stereocenters. The molecule has 1 amide bonds. The van der Waals surface area contributed by atoms with Gasteiger partial charge in [-0.25, -0.2) is 4.79 Å². The zero-order valence-corrected chi connectivity index (χ0v) is 15.0. The molecule has 1 aliphatic heterocycles. The molecule has 2 aromatic rings. The number of rotatable bonds is 7. The molecule has 1 fully saturated rings. The molecule has 0 radical (unpaired) electrons. The number of esters is 1. The molecule has 1 aromatic heterocycles. The second-order valence-electron chi connectivity index (χ2n) is 5.75. The summed E-state index contributed by atoms with van der Waals surface area (Å²) in [6, 6.07) is 8.34. The van der Waals surface area contributed by atoms with E-state index >= 15 is 0 Å². The van der Waals surface area contributed by atoms with Crippen molar-refractivity contribution in [3.8, 4) is 0 Å². The van der Waals surface area contributed by atoms with E-state index in [4.69, 9.17) is 9.15 Å². The van der Waals surface area contributed by atoms with Crippen molar-refractivity contribution in [2.45, 2.75) is 24.6 Å². The molecule has 146 valence electrons. The van der Waals surface area contributed by atoms with Crippen molar-refractivity contribution >= 4 is 34.4 Å². The van der Waals surface area contributed by atoms with Gasteiger partial charge in [0.05, 0.1) is 23.0 Å². The van der Waals surface area contributed by atoms with Crippen molar-refractivity contribution in [3.05, 3.63) is 64.1 Å². The number of non-ortho nitro benzene ring substituents is 1. The third-order valence-corrected chi connectivity index (χ3v) is 5.00. The molecular weight excluding hydrogens is 392 g/mol. The fourth-order valence-electron chi connectivity index (χ4n) is 2.43. The molecule has 3 rings (SSSR count). The molecule has 2 heterocycles. The molecule has 0 bridgehead atoms. The van der Waals surface area contributed by atoms with E-state index in [0.29, 0.717) is 5.56 Å². The smallest absolute Gasteiger partial charge is 0.356 e. The highest BCUT2D eigenvalue weighted by molar-refractivity contribution is 8.14. The van der Waals surface area contributed by atoms with Crippen molar-refractivity contribution in [1.82, 2.24) is 4.90 Å². The number of aliphatic hydroxyl groups excluding tert-OH is 1. The fourth-order valence-corrected chi connectivity index (χ4v) is 3.48. The maximum absolute atomic E-state index is 12.0. The largest absolute Gasteiger partial charge is 0.460 e. The van der Waals surface area contributed by atoms with Crippen LogP contribution in [-0.2, 0) is 20.9 Å². The zero-order chi connectivity index (χ0) is 20.3. The van der Waals surface area contributed by atoms with Crippen LogP contribution in [0, 0.1) is 10.1 Å². The van der Waals surface area contributed by atoms with Gasteiger partial charge in [-0.1, -0.05) is 11.8 Å². The van der Waals surface area contributed by atoms with Crippen molar-refractivity contribution in [1.29, 1.82) is 0 Å². The summed E-state index contributed by atoms with van der Waals surface area (Å²) in [5.74, 6) is -1.47. The molecule has 0 aliphatic carbocycles. The molecule has 28 heavy (non-hydrogen) atoms. The molecule has 2 atom stereocenters. The Morgan fingerprint density at radius 2 is 2.07 bits per heavy atom. The Kier molecular flexibility index (Phi) is 5.76. The van der Waals surface area contributed by atoms with Crippen LogP contribution in [0.2, 0.25) is 0 Å². The summed E-state index contributed by atoms with van der Waals surface area (Å²) in [5, 5.41) is 19.6. The van der Waals surface area contributed by atoms with Gasteiger partial charge >= 0.3 is 5.97 Å². The number of hydrogen-bond acceptors (Lipinski definition) is 9. The number of aliphatic hydroxyl groups is 1. The van der Waals surface area contributed by atoms with Crippen molar-refractivity contribution in [2.75, 3.05) is 0 Å². The van der Waals surface area contributed by atoms with Gasteiger partial charge in [0.15, 0.2) is 5.76 Å². The predicted octanol–water partition coefficient (Wildman–Crippen LogP) is 1.68. The van der Waals surface area contributed by atoms with Crippen LogP contribution in [0.25, 0.3) is 0 Å². The number of likely N-dealkylation sites (tertiary alicyclic amines) is 1. The van der Waals surface area contributed by atoms with E-state index in [1.165, 1.54) is 36.6 Å². The van der Waals surface area contributed by atoms with Gasteiger partial charge < -0.3 is 14.3 Å². The molecule has 1 aromatic carbocycles. The average molecular weight is 406 g/mol. The lowest BCUT2D eigenvalue weighted by Gasteiger charge is -2.40. The van der Waals surface area contributed by atoms with Gasteiger partial charge in [0.2, 0.25) is 12.1 Å². The summed E-state index contributed by atoms with van der Waals surface area (Å²) in [5.41, 5.74) is 0.363. The van der Waals surface area contributed by atoms with Gasteiger partial charge in [0.1, 0.15) is 6.61 Å². The number of furan rings is 1. The number of nitro benzene ring substituents is 1. The topological polar surface area (TPSA) is 140 Å². The molecular formula is C17H14N2O8S.